The molecule has 0 radical (unpaired) electrons. The van der Waals surface area contributed by atoms with E-state index in [1.807, 2.05) is 6.92 Å². The van der Waals surface area contributed by atoms with Crippen LogP contribution < -0.4 is 14.2 Å². The quantitative estimate of drug-likeness (QED) is 0.822. The minimum Gasteiger partial charge on any atom is -0.486 e. The summed E-state index contributed by atoms with van der Waals surface area (Å²) < 4.78 is 38.1. The van der Waals surface area contributed by atoms with Crippen LogP contribution in [0.2, 0.25) is 0 Å². The average Bonchev–Trinajstić information content (AvgIpc) is 2.59. The van der Waals surface area contributed by atoms with Crippen LogP contribution >= 0.6 is 0 Å². The zero-order valence-electron chi connectivity index (χ0n) is 13.4. The molecule has 0 aliphatic carbocycles. The van der Waals surface area contributed by atoms with Crippen LogP contribution in [0.15, 0.2) is 35.4 Å². The molecule has 2 N–H and O–H groups in total. The van der Waals surface area contributed by atoms with Crippen molar-refractivity contribution in [3.8, 4) is 11.5 Å². The normalized spacial score (nSPS) is 13.5. The van der Waals surface area contributed by atoms with Gasteiger partial charge in [0.1, 0.15) is 18.8 Å². The molecule has 3 rings (SSSR count). The summed E-state index contributed by atoms with van der Waals surface area (Å²) in [4.78, 5) is 15.3. The summed E-state index contributed by atoms with van der Waals surface area (Å²) in [6.45, 7) is 2.29. The van der Waals surface area contributed by atoms with E-state index < -0.39 is 16.0 Å². The Morgan fingerprint density at radius 1 is 1.28 bits per heavy atom. The van der Waals surface area contributed by atoms with Crippen molar-refractivity contribution >= 4 is 16.0 Å². The van der Waals surface area contributed by atoms with Crippen molar-refractivity contribution in [2.45, 2.75) is 18.4 Å². The molecule has 1 aromatic heterocycles. The van der Waals surface area contributed by atoms with E-state index in [0.717, 1.165) is 11.6 Å². The molecule has 132 valence electrons. The number of fused-ring (bicyclic) bond motifs is 1. The third-order valence-electron chi connectivity index (χ3n) is 3.57. The zero-order chi connectivity index (χ0) is 18.0. The van der Waals surface area contributed by atoms with Gasteiger partial charge in [0.15, 0.2) is 11.5 Å². The van der Waals surface area contributed by atoms with Crippen molar-refractivity contribution in [2.75, 3.05) is 13.2 Å². The molecule has 0 spiro atoms. The molecule has 2 aromatic rings. The van der Waals surface area contributed by atoms with E-state index in [-0.39, 0.29) is 41.7 Å². The number of carbonyl (C=O) groups is 1. The van der Waals surface area contributed by atoms with Gasteiger partial charge in [-0.1, -0.05) is 0 Å². The van der Waals surface area contributed by atoms with Crippen LogP contribution in [0.5, 0.6) is 11.5 Å². The summed E-state index contributed by atoms with van der Waals surface area (Å²) in [5, 5.41) is 9.31. The van der Waals surface area contributed by atoms with Crippen molar-refractivity contribution in [1.82, 2.24) is 9.71 Å². The molecule has 0 amide bonds. The van der Waals surface area contributed by atoms with Crippen molar-refractivity contribution < 1.29 is 27.8 Å². The number of carboxylic acid groups (broad SMARTS) is 1. The molecule has 0 saturated heterocycles. The molecular formula is C16H16N2O6S. The van der Waals surface area contributed by atoms with Gasteiger partial charge in [-0.2, -0.15) is 0 Å². The summed E-state index contributed by atoms with van der Waals surface area (Å²) in [6.07, 6.45) is 1.59. The Balaban J connectivity index is 1.91. The second kappa shape index (κ2) is 6.69. The molecule has 2 heterocycles. The Bertz CT molecular complexity index is 926. The summed E-state index contributed by atoms with van der Waals surface area (Å²) >= 11 is 0. The van der Waals surface area contributed by atoms with Crippen molar-refractivity contribution in [1.29, 1.82) is 0 Å². The first kappa shape index (κ1) is 17.2. The van der Waals surface area contributed by atoms with Crippen LogP contribution in [0, 0.1) is 6.92 Å². The van der Waals surface area contributed by atoms with Gasteiger partial charge in [-0.15, -0.1) is 0 Å². The highest BCUT2D eigenvalue weighted by atomic mass is 32.2. The summed E-state index contributed by atoms with van der Waals surface area (Å²) in [5.41, 5.74) is 1.25. The number of sulfonamides is 1. The smallest absolute Gasteiger partial charge is 0.339 e. The maximum Gasteiger partial charge on any atom is 0.339 e. The molecular weight excluding hydrogens is 348 g/mol. The van der Waals surface area contributed by atoms with Gasteiger partial charge < -0.3 is 14.6 Å². The first-order valence-electron chi connectivity index (χ1n) is 7.45. The fraction of sp³-hybridized carbons (Fsp3) is 0.250. The van der Waals surface area contributed by atoms with E-state index in [1.165, 1.54) is 6.07 Å². The molecule has 8 nitrogen and oxygen atoms in total. The molecule has 1 aromatic carbocycles. The fourth-order valence-electron chi connectivity index (χ4n) is 2.39. The second-order valence-corrected chi connectivity index (χ2v) is 7.22. The minimum atomic E-state index is -3.95. The van der Waals surface area contributed by atoms with Gasteiger partial charge in [0, 0.05) is 12.3 Å². The minimum absolute atomic E-state index is 0.0130. The number of benzene rings is 1. The predicted octanol–water partition coefficient (Wildman–Crippen LogP) is 1.34. The maximum absolute atomic E-state index is 12.5. The maximum atomic E-state index is 12.5. The number of aromatic carboxylic acids is 1. The van der Waals surface area contributed by atoms with E-state index in [2.05, 4.69) is 9.71 Å². The fourth-order valence-corrected chi connectivity index (χ4v) is 3.43. The summed E-state index contributed by atoms with van der Waals surface area (Å²) in [5.74, 6) is -1.16. The Morgan fingerprint density at radius 3 is 2.76 bits per heavy atom. The Kier molecular flexibility index (Phi) is 4.60. The first-order chi connectivity index (χ1) is 11.9. The van der Waals surface area contributed by atoms with Crippen molar-refractivity contribution in [3.63, 3.8) is 0 Å². The van der Waals surface area contributed by atoms with Crippen LogP contribution in [-0.4, -0.2) is 37.7 Å². The van der Waals surface area contributed by atoms with Gasteiger partial charge in [0.25, 0.3) is 0 Å². The topological polar surface area (TPSA) is 115 Å². The summed E-state index contributed by atoms with van der Waals surface area (Å²) in [6, 6.07) is 5.88. The number of pyridine rings is 1. The van der Waals surface area contributed by atoms with E-state index in [4.69, 9.17) is 9.47 Å². The van der Waals surface area contributed by atoms with Crippen molar-refractivity contribution in [3.05, 3.63) is 47.3 Å². The number of rotatable bonds is 5. The average molecular weight is 364 g/mol. The number of hydrogen-bond acceptors (Lipinski definition) is 6. The molecule has 0 fully saturated rings. The van der Waals surface area contributed by atoms with E-state index in [0.29, 0.717) is 5.69 Å². The molecule has 25 heavy (non-hydrogen) atoms. The Labute approximate surface area is 144 Å². The lowest BCUT2D eigenvalue weighted by Crippen LogP contribution is -2.25. The van der Waals surface area contributed by atoms with E-state index in [9.17, 15) is 18.3 Å². The van der Waals surface area contributed by atoms with Gasteiger partial charge in [-0.3, -0.25) is 4.98 Å². The second-order valence-electron chi connectivity index (χ2n) is 5.45. The van der Waals surface area contributed by atoms with Crippen molar-refractivity contribution in [2.24, 2.45) is 0 Å². The van der Waals surface area contributed by atoms with E-state index in [1.54, 1.807) is 18.3 Å². The van der Waals surface area contributed by atoms with Gasteiger partial charge in [0.2, 0.25) is 10.0 Å². The largest absolute Gasteiger partial charge is 0.486 e. The molecule has 1 aliphatic rings. The number of nitrogens with one attached hydrogen (secondary N) is 1. The molecule has 0 bridgehead atoms. The van der Waals surface area contributed by atoms with E-state index >= 15 is 0 Å². The number of nitrogens with zero attached hydrogens (tertiary/aromatic N) is 1. The Morgan fingerprint density at radius 2 is 2.04 bits per heavy atom. The lowest BCUT2D eigenvalue weighted by molar-refractivity contribution is 0.0685. The molecule has 1 aliphatic heterocycles. The van der Waals surface area contributed by atoms with Crippen LogP contribution in [0.3, 0.4) is 0 Å². The monoisotopic (exact) mass is 364 g/mol. The Hall–Kier alpha value is -2.65. The number of aryl methyl sites for hydroxylation is 1. The summed E-state index contributed by atoms with van der Waals surface area (Å²) in [7, 11) is -3.95. The molecule has 0 atom stereocenters. The van der Waals surface area contributed by atoms with Crippen LogP contribution in [0.1, 0.15) is 21.6 Å². The number of carboxylic acids is 1. The van der Waals surface area contributed by atoms with Crippen LogP contribution in [0.4, 0.5) is 0 Å². The van der Waals surface area contributed by atoms with Gasteiger partial charge in [-0.25, -0.2) is 17.9 Å². The van der Waals surface area contributed by atoms with Gasteiger partial charge in [0.05, 0.1) is 17.1 Å². The number of hydrogen-bond donors (Lipinski definition) is 2. The zero-order valence-corrected chi connectivity index (χ0v) is 14.2. The molecule has 9 heteroatoms. The highest BCUT2D eigenvalue weighted by Crippen LogP contribution is 2.36. The lowest BCUT2D eigenvalue weighted by atomic mass is 10.2. The standard InChI is InChI=1S/C16H16N2O6S/c1-10-2-3-17-11(6-10)9-18-25(21,22)12-7-13(16(19)20)15-14(8-12)23-4-5-24-15/h2-3,6-8,18H,4-5,9H2,1H3,(H,19,20). The highest BCUT2D eigenvalue weighted by Gasteiger charge is 2.26. The van der Waals surface area contributed by atoms with Gasteiger partial charge in [-0.05, 0) is 30.7 Å². The SMILES string of the molecule is Cc1ccnc(CNS(=O)(=O)c2cc3c(c(C(=O)O)c2)OCCO3)c1. The number of aromatic nitrogens is 1. The third-order valence-corrected chi connectivity index (χ3v) is 4.95. The number of ether oxygens (including phenoxy) is 2. The molecule has 0 unspecified atom stereocenters. The third kappa shape index (κ3) is 3.72. The first-order valence-corrected chi connectivity index (χ1v) is 8.93. The predicted molar refractivity (Wildman–Crippen MR) is 87.4 cm³/mol. The van der Waals surface area contributed by atoms with Crippen LogP contribution in [0.25, 0.3) is 0 Å². The molecule has 0 saturated carbocycles. The van der Waals surface area contributed by atoms with Crippen LogP contribution in [-0.2, 0) is 16.6 Å². The lowest BCUT2D eigenvalue weighted by Gasteiger charge is -2.21. The highest BCUT2D eigenvalue weighted by molar-refractivity contribution is 7.89. The van der Waals surface area contributed by atoms with Gasteiger partial charge >= 0.3 is 5.97 Å².